The topological polar surface area (TPSA) is 20.3 Å². The number of amides is 1. The molecular weight excluding hydrogens is 294 g/mol. The van der Waals surface area contributed by atoms with E-state index in [1.165, 1.54) is 102 Å². The molecule has 0 aliphatic heterocycles. The van der Waals surface area contributed by atoms with Crippen LogP contribution >= 0.6 is 0 Å². The van der Waals surface area contributed by atoms with Crippen LogP contribution in [0.4, 0.5) is 0 Å². The first-order chi connectivity index (χ1) is 11.7. The van der Waals surface area contributed by atoms with Crippen molar-refractivity contribution in [2.24, 2.45) is 0 Å². The number of rotatable bonds is 18. The molecule has 142 valence electrons. The summed E-state index contributed by atoms with van der Waals surface area (Å²) in [5.74, 6) is 0.0379. The van der Waals surface area contributed by atoms with Gasteiger partial charge in [-0.25, -0.2) is 0 Å². The minimum Gasteiger partial charge on any atom is -0.342 e. The standard InChI is InChI=1S/C22H43NO/c1-4-6-7-8-9-10-11-12-13-14-15-16-17-18-19-20-21-23(3)22(24)5-2/h5H,2,4,6-21H2,1,3H3. The Labute approximate surface area is 152 Å². The first-order valence-corrected chi connectivity index (χ1v) is 10.6. The number of nitrogens with zero attached hydrogens (tertiary/aromatic N) is 1. The van der Waals surface area contributed by atoms with E-state index in [9.17, 15) is 4.79 Å². The highest BCUT2D eigenvalue weighted by Gasteiger charge is 2.02. The second kappa shape index (κ2) is 18.5. The van der Waals surface area contributed by atoms with Crippen molar-refractivity contribution in [3.8, 4) is 0 Å². The number of carbonyl (C=O) groups is 1. The SMILES string of the molecule is C=CC(=O)N(C)CCCCCCCCCCCCCCCCCC. The lowest BCUT2D eigenvalue weighted by molar-refractivity contribution is -0.124. The summed E-state index contributed by atoms with van der Waals surface area (Å²) < 4.78 is 0. The molecule has 0 radical (unpaired) electrons. The third kappa shape index (κ3) is 16.1. The Kier molecular flexibility index (Phi) is 17.9. The van der Waals surface area contributed by atoms with Crippen LogP contribution in [-0.4, -0.2) is 24.4 Å². The van der Waals surface area contributed by atoms with Crippen molar-refractivity contribution >= 4 is 5.91 Å². The van der Waals surface area contributed by atoms with Crippen molar-refractivity contribution in [1.29, 1.82) is 0 Å². The van der Waals surface area contributed by atoms with Crippen LogP contribution in [-0.2, 0) is 4.79 Å². The monoisotopic (exact) mass is 337 g/mol. The Hall–Kier alpha value is -0.790. The highest BCUT2D eigenvalue weighted by molar-refractivity contribution is 5.86. The molecule has 0 unspecified atom stereocenters. The Morgan fingerprint density at radius 2 is 1.04 bits per heavy atom. The van der Waals surface area contributed by atoms with Gasteiger partial charge in [0.05, 0.1) is 0 Å². The van der Waals surface area contributed by atoms with Gasteiger partial charge in [-0.1, -0.05) is 110 Å². The maximum atomic E-state index is 11.3. The quantitative estimate of drug-likeness (QED) is 0.197. The largest absolute Gasteiger partial charge is 0.342 e. The zero-order valence-electron chi connectivity index (χ0n) is 16.7. The normalized spacial score (nSPS) is 10.8. The molecule has 0 aromatic carbocycles. The van der Waals surface area contributed by atoms with E-state index in [2.05, 4.69) is 13.5 Å². The fourth-order valence-corrected chi connectivity index (χ4v) is 3.16. The van der Waals surface area contributed by atoms with Crippen molar-refractivity contribution < 1.29 is 4.79 Å². The molecular formula is C22H43NO. The molecule has 0 saturated carbocycles. The second-order valence-corrected chi connectivity index (χ2v) is 7.27. The zero-order valence-corrected chi connectivity index (χ0v) is 16.7. The van der Waals surface area contributed by atoms with E-state index in [1.54, 1.807) is 4.90 Å². The van der Waals surface area contributed by atoms with Crippen molar-refractivity contribution in [3.63, 3.8) is 0 Å². The lowest BCUT2D eigenvalue weighted by Gasteiger charge is -2.14. The first-order valence-electron chi connectivity index (χ1n) is 10.6. The lowest BCUT2D eigenvalue weighted by atomic mass is 10.0. The van der Waals surface area contributed by atoms with Crippen molar-refractivity contribution in [1.82, 2.24) is 4.90 Å². The molecule has 24 heavy (non-hydrogen) atoms. The molecule has 0 bridgehead atoms. The summed E-state index contributed by atoms with van der Waals surface area (Å²) >= 11 is 0. The van der Waals surface area contributed by atoms with E-state index in [4.69, 9.17) is 0 Å². The van der Waals surface area contributed by atoms with Crippen molar-refractivity contribution in [2.75, 3.05) is 13.6 Å². The summed E-state index contributed by atoms with van der Waals surface area (Å²) in [6.45, 7) is 6.66. The van der Waals surface area contributed by atoms with Crippen LogP contribution in [0.15, 0.2) is 12.7 Å². The highest BCUT2D eigenvalue weighted by Crippen LogP contribution is 2.13. The van der Waals surface area contributed by atoms with Crippen LogP contribution in [0.3, 0.4) is 0 Å². The molecule has 0 aromatic heterocycles. The van der Waals surface area contributed by atoms with E-state index in [0.29, 0.717) is 0 Å². The van der Waals surface area contributed by atoms with Gasteiger partial charge < -0.3 is 4.90 Å². The van der Waals surface area contributed by atoms with Crippen LogP contribution in [0.25, 0.3) is 0 Å². The van der Waals surface area contributed by atoms with Crippen LogP contribution in [0.5, 0.6) is 0 Å². The molecule has 0 fully saturated rings. The lowest BCUT2D eigenvalue weighted by Crippen LogP contribution is -2.25. The third-order valence-electron chi connectivity index (χ3n) is 4.90. The number of hydrogen-bond acceptors (Lipinski definition) is 1. The molecule has 0 spiro atoms. The van der Waals surface area contributed by atoms with Gasteiger partial charge in [-0.3, -0.25) is 4.79 Å². The van der Waals surface area contributed by atoms with Gasteiger partial charge in [-0.15, -0.1) is 0 Å². The molecule has 0 aliphatic rings. The third-order valence-corrected chi connectivity index (χ3v) is 4.90. The fraction of sp³-hybridized carbons (Fsp3) is 0.864. The fourth-order valence-electron chi connectivity index (χ4n) is 3.16. The average molecular weight is 338 g/mol. The van der Waals surface area contributed by atoms with E-state index >= 15 is 0 Å². The van der Waals surface area contributed by atoms with E-state index < -0.39 is 0 Å². The molecule has 0 atom stereocenters. The predicted octanol–water partition coefficient (Wildman–Crippen LogP) is 6.89. The minimum atomic E-state index is 0.0379. The van der Waals surface area contributed by atoms with Gasteiger partial charge in [0, 0.05) is 13.6 Å². The van der Waals surface area contributed by atoms with Gasteiger partial charge in [0.25, 0.3) is 0 Å². The Bertz CT molecular complexity index is 288. The smallest absolute Gasteiger partial charge is 0.245 e. The molecule has 2 heteroatoms. The number of likely N-dealkylation sites (N-methyl/N-ethyl adjacent to an activating group) is 1. The average Bonchev–Trinajstić information content (AvgIpc) is 2.60. The molecule has 2 nitrogen and oxygen atoms in total. The molecule has 0 heterocycles. The van der Waals surface area contributed by atoms with Gasteiger partial charge in [0.1, 0.15) is 0 Å². The van der Waals surface area contributed by atoms with Gasteiger partial charge in [0.2, 0.25) is 5.91 Å². The van der Waals surface area contributed by atoms with Crippen molar-refractivity contribution in [2.45, 2.75) is 110 Å². The number of unbranched alkanes of at least 4 members (excludes halogenated alkanes) is 15. The Morgan fingerprint density at radius 1 is 0.708 bits per heavy atom. The van der Waals surface area contributed by atoms with Gasteiger partial charge in [-0.05, 0) is 12.5 Å². The molecule has 0 aromatic rings. The predicted molar refractivity (Wildman–Crippen MR) is 107 cm³/mol. The number of carbonyl (C=O) groups excluding carboxylic acids is 1. The highest BCUT2D eigenvalue weighted by atomic mass is 16.2. The van der Waals surface area contributed by atoms with Crippen LogP contribution in [0, 0.1) is 0 Å². The van der Waals surface area contributed by atoms with E-state index in [-0.39, 0.29) is 5.91 Å². The summed E-state index contributed by atoms with van der Waals surface area (Å²) in [6, 6.07) is 0. The van der Waals surface area contributed by atoms with Gasteiger partial charge in [-0.2, -0.15) is 0 Å². The molecule has 0 aliphatic carbocycles. The molecule has 1 amide bonds. The van der Waals surface area contributed by atoms with E-state index in [0.717, 1.165) is 13.0 Å². The van der Waals surface area contributed by atoms with Crippen LogP contribution < -0.4 is 0 Å². The molecule has 0 saturated heterocycles. The van der Waals surface area contributed by atoms with E-state index in [1.807, 2.05) is 7.05 Å². The maximum Gasteiger partial charge on any atom is 0.245 e. The summed E-state index contributed by atoms with van der Waals surface area (Å²) in [7, 11) is 1.86. The Balaban J connectivity index is 3.10. The number of hydrogen-bond donors (Lipinski definition) is 0. The van der Waals surface area contributed by atoms with Crippen LogP contribution in [0.1, 0.15) is 110 Å². The second-order valence-electron chi connectivity index (χ2n) is 7.27. The summed E-state index contributed by atoms with van der Waals surface area (Å²) in [5, 5.41) is 0. The van der Waals surface area contributed by atoms with Gasteiger partial charge in [0.15, 0.2) is 0 Å². The summed E-state index contributed by atoms with van der Waals surface area (Å²) in [6.07, 6.45) is 23.5. The zero-order chi connectivity index (χ0) is 17.9. The first kappa shape index (κ1) is 23.2. The maximum absolute atomic E-state index is 11.3. The van der Waals surface area contributed by atoms with Crippen LogP contribution in [0.2, 0.25) is 0 Å². The minimum absolute atomic E-state index is 0.0379. The van der Waals surface area contributed by atoms with Crippen molar-refractivity contribution in [3.05, 3.63) is 12.7 Å². The molecule has 0 N–H and O–H groups in total. The Morgan fingerprint density at radius 3 is 1.38 bits per heavy atom. The summed E-state index contributed by atoms with van der Waals surface area (Å²) in [5.41, 5.74) is 0. The summed E-state index contributed by atoms with van der Waals surface area (Å²) in [4.78, 5) is 13.1. The van der Waals surface area contributed by atoms with Gasteiger partial charge >= 0.3 is 0 Å². The molecule has 0 rings (SSSR count).